The van der Waals surface area contributed by atoms with Gasteiger partial charge in [0.25, 0.3) is 5.91 Å². The molecule has 0 heterocycles. The lowest BCUT2D eigenvalue weighted by atomic mass is 9.99. The lowest BCUT2D eigenvalue weighted by Gasteiger charge is -2.25. The maximum Gasteiger partial charge on any atom is 0.306 e. The molecule has 336 valence electrons. The van der Waals surface area contributed by atoms with Crippen LogP contribution in [0.15, 0.2) is 24.3 Å². The summed E-state index contributed by atoms with van der Waals surface area (Å²) in [6.45, 7) is 12.2. The number of benzene rings is 1. The fraction of sp³-hybridized carbons (Fsp3) is 0.692. The van der Waals surface area contributed by atoms with Crippen molar-refractivity contribution in [2.75, 3.05) is 70.2 Å². The first-order valence-electron chi connectivity index (χ1n) is 19.2. The standard InChI is InChI=1S/C39H63N3O15S2/c1-10-55-20-19-40-36(47)30(15-17-32(43)56-38(2,3)4)42-37(48)31(16-18-33(44)57-39(5,6)7)41-35(46)28-13-11-27(12-14-28)34(45)29(25-58(49,50)23-21-53-8)26-59(51,52)24-22-54-9/h11-14,29-31H,10,15-26H2,1-9H3,(H,40,47)(H,41,46)(H,42,48)/t30?,31-/m0/s1. The van der Waals surface area contributed by atoms with Gasteiger partial charge in [-0.3, -0.25) is 28.8 Å². The van der Waals surface area contributed by atoms with Crippen molar-refractivity contribution in [3.8, 4) is 0 Å². The van der Waals surface area contributed by atoms with Crippen molar-refractivity contribution >= 4 is 55.1 Å². The van der Waals surface area contributed by atoms with Crippen LogP contribution in [-0.4, -0.2) is 146 Å². The zero-order valence-electron chi connectivity index (χ0n) is 35.7. The number of sulfone groups is 2. The number of esters is 2. The zero-order valence-corrected chi connectivity index (χ0v) is 37.3. The largest absolute Gasteiger partial charge is 0.460 e. The minimum atomic E-state index is -3.92. The van der Waals surface area contributed by atoms with Crippen molar-refractivity contribution < 1.29 is 69.3 Å². The van der Waals surface area contributed by atoms with Gasteiger partial charge in [0.1, 0.15) is 23.3 Å². The molecule has 2 atom stereocenters. The molecule has 20 heteroatoms. The van der Waals surface area contributed by atoms with Crippen LogP contribution in [-0.2, 0) is 62.5 Å². The number of ether oxygens (including phenoxy) is 5. The smallest absolute Gasteiger partial charge is 0.306 e. The van der Waals surface area contributed by atoms with Crippen LogP contribution in [0.3, 0.4) is 0 Å². The molecule has 0 saturated heterocycles. The summed E-state index contributed by atoms with van der Waals surface area (Å²) in [6.07, 6.45) is -0.968. The fourth-order valence-corrected chi connectivity index (χ4v) is 8.38. The first kappa shape index (κ1) is 53.0. The normalized spacial score (nSPS) is 13.3. The van der Waals surface area contributed by atoms with Gasteiger partial charge >= 0.3 is 11.9 Å². The minimum Gasteiger partial charge on any atom is -0.460 e. The number of carbonyl (C=O) groups excluding carboxylic acids is 6. The van der Waals surface area contributed by atoms with Gasteiger partial charge in [0.2, 0.25) is 11.8 Å². The van der Waals surface area contributed by atoms with E-state index in [2.05, 4.69) is 16.0 Å². The molecule has 18 nitrogen and oxygen atoms in total. The molecule has 1 unspecified atom stereocenters. The number of ketones is 1. The molecule has 0 fully saturated rings. The van der Waals surface area contributed by atoms with Crippen molar-refractivity contribution in [1.82, 2.24) is 16.0 Å². The van der Waals surface area contributed by atoms with Gasteiger partial charge in [-0.1, -0.05) is 12.1 Å². The first-order valence-corrected chi connectivity index (χ1v) is 22.9. The molecule has 0 bridgehead atoms. The predicted molar refractivity (Wildman–Crippen MR) is 218 cm³/mol. The highest BCUT2D eigenvalue weighted by atomic mass is 32.2. The maximum absolute atomic E-state index is 13.8. The molecule has 0 radical (unpaired) electrons. The molecular formula is C39H63N3O15S2. The monoisotopic (exact) mass is 877 g/mol. The number of methoxy groups -OCH3 is 2. The van der Waals surface area contributed by atoms with E-state index in [-0.39, 0.29) is 63.2 Å². The molecule has 59 heavy (non-hydrogen) atoms. The van der Waals surface area contributed by atoms with E-state index < -0.39 is 107 Å². The Hall–Kier alpha value is -3.98. The van der Waals surface area contributed by atoms with Gasteiger partial charge in [0, 0.05) is 51.3 Å². The van der Waals surface area contributed by atoms with E-state index in [1.165, 1.54) is 38.5 Å². The first-order chi connectivity index (χ1) is 27.3. The Morgan fingerprint density at radius 2 is 1.08 bits per heavy atom. The number of hydrogen-bond acceptors (Lipinski definition) is 15. The van der Waals surface area contributed by atoms with Gasteiger partial charge in [0.15, 0.2) is 25.5 Å². The number of carbonyl (C=O) groups is 6. The van der Waals surface area contributed by atoms with Crippen molar-refractivity contribution in [1.29, 1.82) is 0 Å². The third-order valence-electron chi connectivity index (χ3n) is 8.03. The number of nitrogens with one attached hydrogen (secondary N) is 3. The van der Waals surface area contributed by atoms with Gasteiger partial charge in [-0.05, 0) is 73.4 Å². The summed E-state index contributed by atoms with van der Waals surface area (Å²) in [5, 5.41) is 7.78. The summed E-state index contributed by atoms with van der Waals surface area (Å²) >= 11 is 0. The third-order valence-corrected chi connectivity index (χ3v) is 11.4. The van der Waals surface area contributed by atoms with Crippen LogP contribution in [0, 0.1) is 5.92 Å². The average Bonchev–Trinajstić information content (AvgIpc) is 3.12. The molecule has 1 aromatic carbocycles. The molecule has 0 spiro atoms. The third kappa shape index (κ3) is 22.8. The summed E-state index contributed by atoms with van der Waals surface area (Å²) in [6, 6.07) is 2.25. The average molecular weight is 878 g/mol. The lowest BCUT2D eigenvalue weighted by Crippen LogP contribution is -2.54. The fourth-order valence-electron chi connectivity index (χ4n) is 5.30. The van der Waals surface area contributed by atoms with E-state index in [9.17, 15) is 45.6 Å². The Balaban J connectivity index is 3.41. The van der Waals surface area contributed by atoms with E-state index in [4.69, 9.17) is 23.7 Å². The molecule has 0 aliphatic carbocycles. The quantitative estimate of drug-likeness (QED) is 0.0645. The predicted octanol–water partition coefficient (Wildman–Crippen LogP) is 1.59. The summed E-state index contributed by atoms with van der Waals surface area (Å²) < 4.78 is 76.8. The summed E-state index contributed by atoms with van der Waals surface area (Å²) in [4.78, 5) is 79.4. The molecule has 3 N–H and O–H groups in total. The molecule has 3 amide bonds. The molecule has 0 aliphatic rings. The van der Waals surface area contributed by atoms with Gasteiger partial charge < -0.3 is 39.6 Å². The van der Waals surface area contributed by atoms with E-state index >= 15 is 0 Å². The van der Waals surface area contributed by atoms with Crippen LogP contribution in [0.1, 0.15) is 94.9 Å². The highest BCUT2D eigenvalue weighted by Crippen LogP contribution is 2.18. The Kier molecular flexibility index (Phi) is 22.4. The van der Waals surface area contributed by atoms with E-state index in [1.807, 2.05) is 0 Å². The minimum absolute atomic E-state index is 0.0521. The molecule has 1 aromatic rings. The van der Waals surface area contributed by atoms with Gasteiger partial charge in [-0.15, -0.1) is 0 Å². The Morgan fingerprint density at radius 3 is 1.51 bits per heavy atom. The second-order valence-corrected chi connectivity index (χ2v) is 20.1. The van der Waals surface area contributed by atoms with Crippen molar-refractivity contribution in [3.05, 3.63) is 35.4 Å². The maximum atomic E-state index is 13.8. The second kappa shape index (κ2) is 24.9. The van der Waals surface area contributed by atoms with Gasteiger partial charge in [0.05, 0.1) is 48.7 Å². The molecule has 0 aliphatic heterocycles. The molecule has 1 rings (SSSR count). The van der Waals surface area contributed by atoms with Crippen LogP contribution in [0.4, 0.5) is 0 Å². The summed E-state index contributed by atoms with van der Waals surface area (Å²) in [5.74, 6) is -8.22. The Labute approximate surface area is 348 Å². The van der Waals surface area contributed by atoms with Gasteiger partial charge in [-0.2, -0.15) is 0 Å². The van der Waals surface area contributed by atoms with Crippen molar-refractivity contribution in [3.63, 3.8) is 0 Å². The molecular weight excluding hydrogens is 815 g/mol. The number of amides is 3. The highest BCUT2D eigenvalue weighted by Gasteiger charge is 2.32. The topological polar surface area (TPSA) is 253 Å². The zero-order chi connectivity index (χ0) is 45.0. The Bertz CT molecular complexity index is 1730. The number of rotatable bonds is 27. The van der Waals surface area contributed by atoms with Gasteiger partial charge in [-0.25, -0.2) is 16.8 Å². The van der Waals surface area contributed by atoms with Crippen LogP contribution in [0.2, 0.25) is 0 Å². The molecule has 0 aromatic heterocycles. The van der Waals surface area contributed by atoms with Crippen LogP contribution in [0.25, 0.3) is 0 Å². The van der Waals surface area contributed by atoms with E-state index in [0.29, 0.717) is 6.61 Å². The summed E-state index contributed by atoms with van der Waals surface area (Å²) in [7, 11) is -5.24. The van der Waals surface area contributed by atoms with Crippen molar-refractivity contribution in [2.24, 2.45) is 5.92 Å². The van der Waals surface area contributed by atoms with Crippen LogP contribution in [0.5, 0.6) is 0 Å². The van der Waals surface area contributed by atoms with E-state index in [1.54, 1.807) is 48.5 Å². The Morgan fingerprint density at radius 1 is 0.644 bits per heavy atom. The second-order valence-electron chi connectivity index (χ2n) is 15.7. The van der Waals surface area contributed by atoms with Crippen molar-refractivity contribution in [2.45, 2.75) is 97.4 Å². The lowest BCUT2D eigenvalue weighted by molar-refractivity contribution is -0.156. The molecule has 0 saturated carbocycles. The summed E-state index contributed by atoms with van der Waals surface area (Å²) in [5.41, 5.74) is -1.76. The highest BCUT2D eigenvalue weighted by molar-refractivity contribution is 7.92. The van der Waals surface area contributed by atoms with Crippen LogP contribution >= 0.6 is 0 Å². The number of Topliss-reactive ketones (excluding diaryl/α,β-unsaturated/α-hetero) is 1. The van der Waals surface area contributed by atoms with Crippen LogP contribution < -0.4 is 16.0 Å². The number of hydrogen-bond donors (Lipinski definition) is 3. The van der Waals surface area contributed by atoms with E-state index in [0.717, 1.165) is 0 Å². The SMILES string of the molecule is CCOCCNC(=O)C(CCC(=O)OC(C)(C)C)NC(=O)[C@H](CCC(=O)OC(C)(C)C)NC(=O)c1ccc(C(=O)C(CS(=O)(=O)CCOC)CS(=O)(=O)CCOC)cc1.